The fourth-order valence-electron chi connectivity index (χ4n) is 2.93. The van der Waals surface area contributed by atoms with Crippen LogP contribution in [-0.2, 0) is 16.1 Å². The lowest BCUT2D eigenvalue weighted by molar-refractivity contribution is -0.143. The van der Waals surface area contributed by atoms with Crippen LogP contribution in [0.25, 0.3) is 0 Å². The molecule has 2 aromatic rings. The highest BCUT2D eigenvalue weighted by molar-refractivity contribution is 6.29. The number of pyridine rings is 1. The second-order valence-electron chi connectivity index (χ2n) is 7.31. The van der Waals surface area contributed by atoms with Crippen LogP contribution in [0.5, 0.6) is 5.75 Å². The van der Waals surface area contributed by atoms with E-state index in [1.165, 1.54) is 11.1 Å². The molecule has 0 spiro atoms. The van der Waals surface area contributed by atoms with Gasteiger partial charge in [-0.1, -0.05) is 29.8 Å². The van der Waals surface area contributed by atoms with Crippen LogP contribution in [0.15, 0.2) is 42.6 Å². The van der Waals surface area contributed by atoms with Gasteiger partial charge >= 0.3 is 5.97 Å². The van der Waals surface area contributed by atoms with E-state index in [4.69, 9.17) is 22.4 Å². The smallest absolute Gasteiger partial charge is 0.305 e. The Morgan fingerprint density at radius 2 is 1.94 bits per heavy atom. The molecule has 0 radical (unpaired) electrons. The van der Waals surface area contributed by atoms with Crippen LogP contribution in [0, 0.1) is 0 Å². The molecule has 0 saturated heterocycles. The van der Waals surface area contributed by atoms with Crippen LogP contribution < -0.4 is 4.74 Å². The zero-order valence-electron chi connectivity index (χ0n) is 19.3. The van der Waals surface area contributed by atoms with E-state index in [9.17, 15) is 9.59 Å². The van der Waals surface area contributed by atoms with Crippen molar-refractivity contribution in [1.82, 2.24) is 9.88 Å². The molecule has 2 rings (SSSR count). The summed E-state index contributed by atoms with van der Waals surface area (Å²) in [5.41, 5.74) is 0.989. The van der Waals surface area contributed by atoms with E-state index in [1.807, 2.05) is 32.0 Å². The van der Waals surface area contributed by atoms with E-state index < -0.39 is 6.52 Å². The van der Waals surface area contributed by atoms with Gasteiger partial charge in [-0.3, -0.25) is 9.59 Å². The van der Waals surface area contributed by atoms with Crippen LogP contribution in [0.4, 0.5) is 0 Å². The topological polar surface area (TPSA) is 68.7 Å². The van der Waals surface area contributed by atoms with Gasteiger partial charge in [0.05, 0.1) is 20.1 Å². The molecule has 1 unspecified atom stereocenters. The zero-order chi connectivity index (χ0) is 23.5. The SMILES string of the molecule is [2H]C(c1ccccc1OCCCCCC(=O)OCC)N(C(=O)c1ccc(Cl)nc1)C(C)C. The molecular formula is C24H31ClN2O4. The molecule has 0 N–H and O–H groups in total. The lowest BCUT2D eigenvalue weighted by Gasteiger charge is -2.27. The first-order chi connectivity index (χ1) is 15.3. The van der Waals surface area contributed by atoms with Crippen LogP contribution in [0.2, 0.25) is 5.15 Å². The molecule has 1 heterocycles. The number of unbranched alkanes of at least 4 members (excludes halogenated alkanes) is 2. The molecule has 7 heteroatoms. The minimum Gasteiger partial charge on any atom is -0.493 e. The summed E-state index contributed by atoms with van der Waals surface area (Å²) in [4.78, 5) is 30.0. The second kappa shape index (κ2) is 13.0. The van der Waals surface area contributed by atoms with Gasteiger partial charge in [0.1, 0.15) is 10.9 Å². The molecule has 1 amide bonds. The van der Waals surface area contributed by atoms with Crippen molar-refractivity contribution in [3.63, 3.8) is 0 Å². The summed E-state index contributed by atoms with van der Waals surface area (Å²) < 4.78 is 19.7. The summed E-state index contributed by atoms with van der Waals surface area (Å²) in [5.74, 6) is 0.105. The molecule has 31 heavy (non-hydrogen) atoms. The van der Waals surface area contributed by atoms with E-state index in [0.29, 0.717) is 41.7 Å². The molecule has 0 aliphatic carbocycles. The average Bonchev–Trinajstić information content (AvgIpc) is 2.76. The first kappa shape index (κ1) is 23.1. The lowest BCUT2D eigenvalue weighted by atomic mass is 10.1. The van der Waals surface area contributed by atoms with Crippen molar-refractivity contribution >= 4 is 23.5 Å². The summed E-state index contributed by atoms with van der Waals surface area (Å²) in [6, 6.07) is 10.2. The van der Waals surface area contributed by atoms with Gasteiger partial charge in [0.2, 0.25) is 0 Å². The molecule has 0 aliphatic rings. The minimum absolute atomic E-state index is 0.176. The standard InChI is InChI=1S/C24H31ClN2O4/c1-4-30-23(28)12-6-5-9-15-31-21-11-8-7-10-20(21)17-27(18(2)3)24(29)19-13-14-22(25)26-16-19/h7-8,10-11,13-14,16,18H,4-6,9,12,15,17H2,1-3H3/i17D. The highest BCUT2D eigenvalue weighted by Crippen LogP contribution is 2.23. The largest absolute Gasteiger partial charge is 0.493 e. The van der Waals surface area contributed by atoms with Crippen molar-refractivity contribution in [3.05, 3.63) is 58.9 Å². The van der Waals surface area contributed by atoms with Crippen LogP contribution in [0.1, 0.15) is 63.7 Å². The number of nitrogens with zero attached hydrogens (tertiary/aromatic N) is 2. The number of rotatable bonds is 12. The molecule has 0 saturated carbocycles. The Hall–Kier alpha value is -2.60. The number of amides is 1. The molecule has 1 aromatic carbocycles. The number of carbonyl (C=O) groups excluding carboxylic acids is 2. The predicted molar refractivity (Wildman–Crippen MR) is 121 cm³/mol. The van der Waals surface area contributed by atoms with Gasteiger partial charge in [-0.15, -0.1) is 0 Å². The fraction of sp³-hybridized carbons (Fsp3) is 0.458. The van der Waals surface area contributed by atoms with Crippen molar-refractivity contribution in [1.29, 1.82) is 0 Å². The van der Waals surface area contributed by atoms with Crippen molar-refractivity contribution < 1.29 is 20.4 Å². The first-order valence-electron chi connectivity index (χ1n) is 11.2. The monoisotopic (exact) mass is 447 g/mol. The Labute approximate surface area is 190 Å². The van der Waals surface area contributed by atoms with E-state index in [-0.39, 0.29) is 17.9 Å². The molecule has 0 aliphatic heterocycles. The van der Waals surface area contributed by atoms with Gasteiger partial charge in [-0.2, -0.15) is 0 Å². The summed E-state index contributed by atoms with van der Waals surface area (Å²) >= 11 is 5.83. The zero-order valence-corrected chi connectivity index (χ0v) is 19.1. The Balaban J connectivity index is 2.02. The Morgan fingerprint density at radius 1 is 1.16 bits per heavy atom. The van der Waals surface area contributed by atoms with Gasteiger partial charge in [-0.05, 0) is 58.2 Å². The van der Waals surface area contributed by atoms with Crippen molar-refractivity contribution in [2.24, 2.45) is 0 Å². The molecule has 168 valence electrons. The molecule has 1 aromatic heterocycles. The number of halogens is 1. The third-order valence-corrected chi connectivity index (χ3v) is 4.77. The number of aromatic nitrogens is 1. The lowest BCUT2D eigenvalue weighted by Crippen LogP contribution is -2.36. The predicted octanol–water partition coefficient (Wildman–Crippen LogP) is 5.29. The van der Waals surface area contributed by atoms with Gasteiger partial charge in [-0.25, -0.2) is 4.98 Å². The molecular weight excluding hydrogens is 416 g/mol. The van der Waals surface area contributed by atoms with Crippen molar-refractivity contribution in [3.8, 4) is 5.75 Å². The van der Waals surface area contributed by atoms with E-state index in [1.54, 1.807) is 25.1 Å². The Bertz CT molecular complexity index is 877. The van der Waals surface area contributed by atoms with Gasteiger partial charge in [0.25, 0.3) is 5.91 Å². The maximum absolute atomic E-state index is 13.1. The minimum atomic E-state index is -0.946. The van der Waals surface area contributed by atoms with Crippen LogP contribution in [-0.4, -0.2) is 41.0 Å². The third kappa shape index (κ3) is 8.21. The normalized spacial score (nSPS) is 12.2. The number of hydrogen-bond donors (Lipinski definition) is 0. The Kier molecular flexibility index (Phi) is 9.64. The maximum Gasteiger partial charge on any atom is 0.305 e. The number of carbonyl (C=O) groups is 2. The molecule has 1 atom stereocenters. The molecule has 0 bridgehead atoms. The molecule has 6 nitrogen and oxygen atoms in total. The van der Waals surface area contributed by atoms with Gasteiger partial charge in [0, 0.05) is 30.7 Å². The first-order valence-corrected chi connectivity index (χ1v) is 11.0. The number of esters is 1. The van der Waals surface area contributed by atoms with Gasteiger partial charge in [0.15, 0.2) is 0 Å². The van der Waals surface area contributed by atoms with Gasteiger partial charge < -0.3 is 14.4 Å². The number of ether oxygens (including phenoxy) is 2. The highest BCUT2D eigenvalue weighted by Gasteiger charge is 2.21. The quantitative estimate of drug-likeness (QED) is 0.251. The fourth-order valence-corrected chi connectivity index (χ4v) is 3.04. The van der Waals surface area contributed by atoms with Crippen molar-refractivity contribution in [2.45, 2.75) is 59.0 Å². The highest BCUT2D eigenvalue weighted by atomic mass is 35.5. The summed E-state index contributed by atoms with van der Waals surface area (Å²) in [7, 11) is 0. The number of benzene rings is 1. The summed E-state index contributed by atoms with van der Waals surface area (Å²) in [6.07, 6.45) is 4.19. The molecule has 0 fully saturated rings. The third-order valence-electron chi connectivity index (χ3n) is 4.55. The number of para-hydroxylation sites is 1. The Morgan fingerprint density at radius 3 is 2.61 bits per heavy atom. The summed E-state index contributed by atoms with van der Waals surface area (Å²) in [5, 5.41) is 0.307. The second-order valence-corrected chi connectivity index (χ2v) is 7.69. The maximum atomic E-state index is 13.1. The van der Waals surface area contributed by atoms with Crippen molar-refractivity contribution in [2.75, 3.05) is 13.2 Å². The average molecular weight is 448 g/mol. The van der Waals surface area contributed by atoms with Crippen LogP contribution >= 0.6 is 11.6 Å². The van der Waals surface area contributed by atoms with E-state index in [2.05, 4.69) is 4.98 Å². The number of hydrogen-bond acceptors (Lipinski definition) is 5. The van der Waals surface area contributed by atoms with E-state index >= 15 is 0 Å². The van der Waals surface area contributed by atoms with Crippen LogP contribution in [0.3, 0.4) is 0 Å². The van der Waals surface area contributed by atoms with E-state index in [0.717, 1.165) is 19.3 Å². The summed E-state index contributed by atoms with van der Waals surface area (Å²) in [6.45, 7) is 5.45.